The van der Waals surface area contributed by atoms with Gasteiger partial charge in [-0.2, -0.15) is 0 Å². The number of aryl methyl sites for hydroxylation is 1. The Morgan fingerprint density at radius 2 is 2.05 bits per heavy atom. The van der Waals surface area contributed by atoms with Crippen LogP contribution in [0.25, 0.3) is 0 Å². The van der Waals surface area contributed by atoms with Gasteiger partial charge in [-0.05, 0) is 58.4 Å². The first-order valence-electron chi connectivity index (χ1n) is 7.74. The van der Waals surface area contributed by atoms with Crippen molar-refractivity contribution >= 4 is 0 Å². The van der Waals surface area contributed by atoms with E-state index in [9.17, 15) is 0 Å². The first kappa shape index (κ1) is 13.2. The molecule has 1 heterocycles. The normalized spacial score (nSPS) is 29.5. The molecule has 0 aliphatic heterocycles. The number of nitrogens with zero attached hydrogens (tertiary/aromatic N) is 1. The monoisotopic (exact) mass is 262 g/mol. The maximum atomic E-state index is 5.94. The van der Waals surface area contributed by atoms with Crippen molar-refractivity contribution in [1.29, 1.82) is 0 Å². The van der Waals surface area contributed by atoms with Crippen LogP contribution in [0.15, 0.2) is 10.6 Å². The van der Waals surface area contributed by atoms with Crippen LogP contribution in [-0.4, -0.2) is 17.1 Å². The minimum Gasteiger partial charge on any atom is -0.445 e. The van der Waals surface area contributed by atoms with Crippen molar-refractivity contribution in [2.75, 3.05) is 6.54 Å². The molecule has 2 atom stereocenters. The zero-order valence-electron chi connectivity index (χ0n) is 12.4. The number of hydrogen-bond acceptors (Lipinski definition) is 3. The third-order valence-electron chi connectivity index (χ3n) is 4.53. The molecule has 1 aromatic heterocycles. The summed E-state index contributed by atoms with van der Waals surface area (Å²) >= 11 is 0. The molecule has 3 nitrogen and oxygen atoms in total. The molecular formula is C16H26N2O. The van der Waals surface area contributed by atoms with E-state index in [-0.39, 0.29) is 5.54 Å². The average Bonchev–Trinajstić information content (AvgIpc) is 2.76. The van der Waals surface area contributed by atoms with Gasteiger partial charge < -0.3 is 9.73 Å². The third-order valence-corrected chi connectivity index (χ3v) is 4.53. The van der Waals surface area contributed by atoms with Gasteiger partial charge in [0.1, 0.15) is 5.76 Å². The Kier molecular flexibility index (Phi) is 3.42. The minimum atomic E-state index is 0.202. The first-order chi connectivity index (χ1) is 9.04. The van der Waals surface area contributed by atoms with Gasteiger partial charge in [0.05, 0.1) is 6.20 Å². The molecule has 19 heavy (non-hydrogen) atoms. The van der Waals surface area contributed by atoms with Crippen molar-refractivity contribution in [2.45, 2.75) is 64.3 Å². The molecule has 1 N–H and O–H groups in total. The van der Waals surface area contributed by atoms with E-state index >= 15 is 0 Å². The van der Waals surface area contributed by atoms with Crippen molar-refractivity contribution in [3.63, 3.8) is 0 Å². The summed E-state index contributed by atoms with van der Waals surface area (Å²) in [6.45, 7) is 7.61. The first-order valence-corrected chi connectivity index (χ1v) is 7.74. The highest BCUT2D eigenvalue weighted by atomic mass is 16.4. The summed E-state index contributed by atoms with van der Waals surface area (Å²) in [5.74, 6) is 4.64. The minimum absolute atomic E-state index is 0.202. The average molecular weight is 262 g/mol. The molecule has 1 aromatic rings. The molecule has 106 valence electrons. The van der Waals surface area contributed by atoms with Gasteiger partial charge in [0.25, 0.3) is 0 Å². The van der Waals surface area contributed by atoms with Gasteiger partial charge in [0.15, 0.2) is 5.89 Å². The molecule has 0 radical (unpaired) electrons. The molecule has 2 aliphatic rings. The van der Waals surface area contributed by atoms with Gasteiger partial charge in [-0.15, -0.1) is 0 Å². The van der Waals surface area contributed by atoms with Crippen LogP contribution in [0.4, 0.5) is 0 Å². The maximum Gasteiger partial charge on any atom is 0.194 e. The second-order valence-electron chi connectivity index (χ2n) is 7.22. The van der Waals surface area contributed by atoms with Crippen LogP contribution in [0.3, 0.4) is 0 Å². The molecule has 0 spiro atoms. The molecule has 0 saturated heterocycles. The Morgan fingerprint density at radius 3 is 2.74 bits per heavy atom. The van der Waals surface area contributed by atoms with Crippen LogP contribution in [-0.2, 0) is 6.42 Å². The number of rotatable bonds is 5. The van der Waals surface area contributed by atoms with E-state index in [0.717, 1.165) is 42.9 Å². The van der Waals surface area contributed by atoms with Gasteiger partial charge in [-0.1, -0.05) is 6.42 Å². The lowest BCUT2D eigenvalue weighted by molar-refractivity contribution is 0.402. The van der Waals surface area contributed by atoms with Crippen molar-refractivity contribution in [3.8, 4) is 0 Å². The topological polar surface area (TPSA) is 38.1 Å². The zero-order valence-corrected chi connectivity index (χ0v) is 12.4. The number of aromatic nitrogens is 1. The Bertz CT molecular complexity index is 422. The van der Waals surface area contributed by atoms with Crippen LogP contribution in [0.2, 0.25) is 0 Å². The second kappa shape index (κ2) is 4.93. The molecular weight excluding hydrogens is 236 g/mol. The SMILES string of the molecule is CC(C)(C)NCCCc1ncc(C2C3CCCC32)o1. The van der Waals surface area contributed by atoms with E-state index in [0.29, 0.717) is 5.92 Å². The van der Waals surface area contributed by atoms with Gasteiger partial charge >= 0.3 is 0 Å². The van der Waals surface area contributed by atoms with Crippen molar-refractivity contribution in [1.82, 2.24) is 10.3 Å². The van der Waals surface area contributed by atoms with Gasteiger partial charge in [-0.25, -0.2) is 4.98 Å². The molecule has 3 rings (SSSR count). The molecule has 0 bridgehead atoms. The Morgan fingerprint density at radius 1 is 1.32 bits per heavy atom. The summed E-state index contributed by atoms with van der Waals surface area (Å²) < 4.78 is 5.94. The fraction of sp³-hybridized carbons (Fsp3) is 0.812. The Balaban J connectivity index is 1.44. The van der Waals surface area contributed by atoms with Gasteiger partial charge in [0.2, 0.25) is 0 Å². The fourth-order valence-electron chi connectivity index (χ4n) is 3.54. The highest BCUT2D eigenvalue weighted by Gasteiger charge is 2.54. The summed E-state index contributed by atoms with van der Waals surface area (Å²) in [5, 5.41) is 3.50. The molecule has 2 saturated carbocycles. The molecule has 2 fully saturated rings. The highest BCUT2D eigenvalue weighted by molar-refractivity contribution is 5.19. The summed E-state index contributed by atoms with van der Waals surface area (Å²) in [5.41, 5.74) is 0.202. The van der Waals surface area contributed by atoms with Crippen LogP contribution < -0.4 is 5.32 Å². The standard InChI is InChI=1S/C16H26N2O/c1-16(2,3)18-9-5-8-14-17-10-13(19-14)15-11-6-4-7-12(11)15/h10-12,15,18H,4-9H2,1-3H3. The lowest BCUT2D eigenvalue weighted by atomic mass is 10.1. The lowest BCUT2D eigenvalue weighted by Gasteiger charge is -2.20. The number of hydrogen-bond donors (Lipinski definition) is 1. The van der Waals surface area contributed by atoms with E-state index in [1.54, 1.807) is 0 Å². The molecule has 3 heteroatoms. The van der Waals surface area contributed by atoms with Crippen LogP contribution in [0.5, 0.6) is 0 Å². The van der Waals surface area contributed by atoms with E-state index in [4.69, 9.17) is 4.42 Å². The zero-order chi connectivity index (χ0) is 13.5. The smallest absolute Gasteiger partial charge is 0.194 e. The highest BCUT2D eigenvalue weighted by Crippen LogP contribution is 2.63. The second-order valence-corrected chi connectivity index (χ2v) is 7.22. The van der Waals surface area contributed by atoms with Crippen LogP contribution >= 0.6 is 0 Å². The Labute approximate surface area is 116 Å². The molecule has 0 amide bonds. The predicted octanol–water partition coefficient (Wildman–Crippen LogP) is 3.51. The summed E-state index contributed by atoms with van der Waals surface area (Å²) in [4.78, 5) is 4.44. The third kappa shape index (κ3) is 3.02. The largest absolute Gasteiger partial charge is 0.445 e. The van der Waals surface area contributed by atoms with E-state index in [1.807, 2.05) is 6.20 Å². The van der Waals surface area contributed by atoms with Crippen molar-refractivity contribution < 1.29 is 4.42 Å². The van der Waals surface area contributed by atoms with E-state index < -0.39 is 0 Å². The molecule has 0 aromatic carbocycles. The molecule has 2 unspecified atom stereocenters. The summed E-state index contributed by atoms with van der Waals surface area (Å²) in [6.07, 6.45) is 8.25. The Hall–Kier alpha value is -0.830. The summed E-state index contributed by atoms with van der Waals surface area (Å²) in [6, 6.07) is 0. The predicted molar refractivity (Wildman–Crippen MR) is 76.2 cm³/mol. The number of nitrogens with one attached hydrogen (secondary N) is 1. The number of fused-ring (bicyclic) bond motifs is 1. The number of oxazole rings is 1. The lowest BCUT2D eigenvalue weighted by Crippen LogP contribution is -2.36. The van der Waals surface area contributed by atoms with Crippen LogP contribution in [0, 0.1) is 11.8 Å². The molecule has 2 aliphatic carbocycles. The van der Waals surface area contributed by atoms with Gasteiger partial charge in [-0.3, -0.25) is 0 Å². The van der Waals surface area contributed by atoms with Gasteiger partial charge in [0, 0.05) is 17.9 Å². The van der Waals surface area contributed by atoms with Crippen LogP contribution in [0.1, 0.15) is 64.0 Å². The quantitative estimate of drug-likeness (QED) is 0.825. The van der Waals surface area contributed by atoms with Crippen molar-refractivity contribution in [2.24, 2.45) is 11.8 Å². The maximum absolute atomic E-state index is 5.94. The fourth-order valence-corrected chi connectivity index (χ4v) is 3.54. The van der Waals surface area contributed by atoms with E-state index in [2.05, 4.69) is 31.1 Å². The summed E-state index contributed by atoms with van der Waals surface area (Å²) in [7, 11) is 0. The van der Waals surface area contributed by atoms with E-state index in [1.165, 1.54) is 19.3 Å². The van der Waals surface area contributed by atoms with Crippen molar-refractivity contribution in [3.05, 3.63) is 17.8 Å².